The van der Waals surface area contributed by atoms with Gasteiger partial charge in [0, 0.05) is 5.02 Å². The molecule has 0 radical (unpaired) electrons. The molecule has 0 aromatic heterocycles. The Labute approximate surface area is 86.5 Å². The van der Waals surface area contributed by atoms with E-state index >= 15 is 0 Å². The number of carboxylic acid groups (broad SMARTS) is 1. The van der Waals surface area contributed by atoms with E-state index in [0.29, 0.717) is 22.6 Å². The van der Waals surface area contributed by atoms with Crippen molar-refractivity contribution >= 4 is 17.6 Å². The van der Waals surface area contributed by atoms with Gasteiger partial charge in [-0.1, -0.05) is 18.5 Å². The average molecular weight is 210 g/mol. The standard InChI is InChI=1S/C10H8ClNO2/c1-2-8-7(5-12)3-6(10(13)14)4-9(8)11/h3-4H,2H2,1H3,(H,13,14). The highest BCUT2D eigenvalue weighted by Crippen LogP contribution is 2.22. The van der Waals surface area contributed by atoms with E-state index in [1.54, 1.807) is 0 Å². The van der Waals surface area contributed by atoms with Crippen LogP contribution in [0.2, 0.25) is 5.02 Å². The molecule has 0 aliphatic rings. The van der Waals surface area contributed by atoms with E-state index in [4.69, 9.17) is 22.0 Å². The van der Waals surface area contributed by atoms with Gasteiger partial charge in [-0.25, -0.2) is 4.79 Å². The normalized spacial score (nSPS) is 9.50. The van der Waals surface area contributed by atoms with Crippen molar-refractivity contribution in [2.45, 2.75) is 13.3 Å². The minimum absolute atomic E-state index is 0.0451. The Balaban J connectivity index is 3.41. The SMILES string of the molecule is CCc1c(Cl)cc(C(=O)O)cc1C#N. The summed E-state index contributed by atoms with van der Waals surface area (Å²) >= 11 is 5.84. The predicted octanol–water partition coefficient (Wildman–Crippen LogP) is 2.47. The van der Waals surface area contributed by atoms with Crippen LogP contribution in [0.25, 0.3) is 0 Å². The molecule has 0 bridgehead atoms. The number of benzene rings is 1. The molecule has 1 rings (SSSR count). The molecule has 14 heavy (non-hydrogen) atoms. The maximum absolute atomic E-state index is 10.7. The fourth-order valence-electron chi connectivity index (χ4n) is 1.22. The van der Waals surface area contributed by atoms with Gasteiger partial charge in [0.05, 0.1) is 17.2 Å². The van der Waals surface area contributed by atoms with E-state index in [2.05, 4.69) is 0 Å². The molecule has 4 heteroatoms. The summed E-state index contributed by atoms with van der Waals surface area (Å²) in [5.74, 6) is -1.08. The van der Waals surface area contributed by atoms with Crippen LogP contribution in [-0.4, -0.2) is 11.1 Å². The number of carboxylic acids is 1. The number of carbonyl (C=O) groups is 1. The minimum atomic E-state index is -1.08. The van der Waals surface area contributed by atoms with E-state index < -0.39 is 5.97 Å². The number of rotatable bonds is 2. The van der Waals surface area contributed by atoms with Gasteiger partial charge in [-0.15, -0.1) is 0 Å². The lowest BCUT2D eigenvalue weighted by molar-refractivity contribution is 0.0697. The molecule has 1 aromatic carbocycles. The number of nitriles is 1. The highest BCUT2D eigenvalue weighted by Gasteiger charge is 2.11. The molecule has 1 aromatic rings. The molecule has 1 N–H and O–H groups in total. The van der Waals surface area contributed by atoms with E-state index in [-0.39, 0.29) is 5.56 Å². The molecule has 0 aliphatic carbocycles. The summed E-state index contributed by atoms with van der Waals surface area (Å²) in [7, 11) is 0. The highest BCUT2D eigenvalue weighted by molar-refractivity contribution is 6.31. The van der Waals surface area contributed by atoms with Crippen LogP contribution in [0.3, 0.4) is 0 Å². The van der Waals surface area contributed by atoms with Crippen molar-refractivity contribution in [1.82, 2.24) is 0 Å². The molecule has 3 nitrogen and oxygen atoms in total. The molecule has 0 atom stereocenters. The molecular weight excluding hydrogens is 202 g/mol. The Morgan fingerprint density at radius 2 is 2.29 bits per heavy atom. The third kappa shape index (κ3) is 1.86. The predicted molar refractivity (Wildman–Crippen MR) is 52.5 cm³/mol. The van der Waals surface area contributed by atoms with E-state index in [1.165, 1.54) is 12.1 Å². The van der Waals surface area contributed by atoms with Crippen molar-refractivity contribution in [3.05, 3.63) is 33.8 Å². The first-order valence-electron chi connectivity index (χ1n) is 4.06. The first-order chi connectivity index (χ1) is 6.60. The Hall–Kier alpha value is -1.53. The summed E-state index contributed by atoms with van der Waals surface area (Å²) in [6.45, 7) is 1.86. The number of aromatic carboxylic acids is 1. The van der Waals surface area contributed by atoms with Gasteiger partial charge < -0.3 is 5.11 Å². The maximum Gasteiger partial charge on any atom is 0.335 e. The van der Waals surface area contributed by atoms with E-state index in [9.17, 15) is 4.79 Å². The van der Waals surface area contributed by atoms with Gasteiger partial charge in [0.15, 0.2) is 0 Å². The lowest BCUT2D eigenvalue weighted by Gasteiger charge is -2.04. The van der Waals surface area contributed by atoms with Crippen LogP contribution >= 0.6 is 11.6 Å². The maximum atomic E-state index is 10.7. The zero-order valence-corrected chi connectivity index (χ0v) is 8.30. The van der Waals surface area contributed by atoms with Crippen LogP contribution in [0.4, 0.5) is 0 Å². The van der Waals surface area contributed by atoms with Gasteiger partial charge >= 0.3 is 5.97 Å². The quantitative estimate of drug-likeness (QED) is 0.814. The number of halogens is 1. The second kappa shape index (κ2) is 4.12. The second-order valence-electron chi connectivity index (χ2n) is 2.75. The van der Waals surface area contributed by atoms with Gasteiger partial charge in [0.2, 0.25) is 0 Å². The van der Waals surface area contributed by atoms with Crippen LogP contribution in [-0.2, 0) is 6.42 Å². The first kappa shape index (κ1) is 10.6. The van der Waals surface area contributed by atoms with Crippen LogP contribution in [0.15, 0.2) is 12.1 Å². The highest BCUT2D eigenvalue weighted by atomic mass is 35.5. The molecule has 0 fully saturated rings. The number of hydrogen-bond acceptors (Lipinski definition) is 2. The van der Waals surface area contributed by atoms with Crippen LogP contribution in [0, 0.1) is 11.3 Å². The fraction of sp³-hybridized carbons (Fsp3) is 0.200. The summed E-state index contributed by atoms with van der Waals surface area (Å²) in [5, 5.41) is 17.8. The van der Waals surface area contributed by atoms with Crippen LogP contribution in [0.1, 0.15) is 28.4 Å². The van der Waals surface area contributed by atoms with Crippen molar-refractivity contribution in [3.63, 3.8) is 0 Å². The van der Waals surface area contributed by atoms with Crippen molar-refractivity contribution < 1.29 is 9.90 Å². The van der Waals surface area contributed by atoms with Gasteiger partial charge in [-0.3, -0.25) is 0 Å². The second-order valence-corrected chi connectivity index (χ2v) is 3.16. The topological polar surface area (TPSA) is 61.1 Å². The van der Waals surface area contributed by atoms with Gasteiger partial charge in [0.1, 0.15) is 0 Å². The van der Waals surface area contributed by atoms with Crippen LogP contribution < -0.4 is 0 Å². The van der Waals surface area contributed by atoms with Crippen molar-refractivity contribution in [3.8, 4) is 6.07 Å². The molecule has 0 heterocycles. The number of nitrogens with zero attached hydrogens (tertiary/aromatic N) is 1. The van der Waals surface area contributed by atoms with Crippen LogP contribution in [0.5, 0.6) is 0 Å². The summed E-state index contributed by atoms with van der Waals surface area (Å²) in [6, 6.07) is 4.64. The van der Waals surface area contributed by atoms with Gasteiger partial charge in [-0.2, -0.15) is 5.26 Å². The van der Waals surface area contributed by atoms with E-state index in [1.807, 2.05) is 13.0 Å². The average Bonchev–Trinajstić information content (AvgIpc) is 2.16. The zero-order chi connectivity index (χ0) is 10.7. The smallest absolute Gasteiger partial charge is 0.335 e. The lowest BCUT2D eigenvalue weighted by atomic mass is 10.0. The van der Waals surface area contributed by atoms with Crippen molar-refractivity contribution in [1.29, 1.82) is 5.26 Å². The molecule has 0 spiro atoms. The van der Waals surface area contributed by atoms with Crippen molar-refractivity contribution in [2.24, 2.45) is 0 Å². The Morgan fingerprint density at radius 3 is 2.71 bits per heavy atom. The largest absolute Gasteiger partial charge is 0.478 e. The monoisotopic (exact) mass is 209 g/mol. The third-order valence-corrected chi connectivity index (χ3v) is 2.25. The zero-order valence-electron chi connectivity index (χ0n) is 7.54. The molecule has 0 aliphatic heterocycles. The molecule has 0 unspecified atom stereocenters. The Morgan fingerprint density at radius 1 is 1.64 bits per heavy atom. The molecule has 0 saturated carbocycles. The summed E-state index contributed by atoms with van der Waals surface area (Å²) in [6.07, 6.45) is 0.613. The summed E-state index contributed by atoms with van der Waals surface area (Å²) < 4.78 is 0. The van der Waals surface area contributed by atoms with Crippen molar-refractivity contribution in [2.75, 3.05) is 0 Å². The summed E-state index contributed by atoms with van der Waals surface area (Å²) in [4.78, 5) is 10.7. The van der Waals surface area contributed by atoms with Gasteiger partial charge in [-0.05, 0) is 24.1 Å². The number of hydrogen-bond donors (Lipinski definition) is 1. The fourth-order valence-corrected chi connectivity index (χ4v) is 1.57. The minimum Gasteiger partial charge on any atom is -0.478 e. The Kier molecular flexibility index (Phi) is 3.10. The van der Waals surface area contributed by atoms with E-state index in [0.717, 1.165) is 0 Å². The Bertz CT molecular complexity index is 421. The molecular formula is C10H8ClNO2. The third-order valence-electron chi connectivity index (χ3n) is 1.92. The molecule has 0 saturated heterocycles. The van der Waals surface area contributed by atoms with Gasteiger partial charge in [0.25, 0.3) is 0 Å². The first-order valence-corrected chi connectivity index (χ1v) is 4.43. The lowest BCUT2D eigenvalue weighted by Crippen LogP contribution is -1.99. The molecule has 72 valence electrons. The molecule has 0 amide bonds. The summed E-state index contributed by atoms with van der Waals surface area (Å²) in [5.41, 5.74) is 1.07.